The lowest BCUT2D eigenvalue weighted by Gasteiger charge is -2.31. The van der Waals surface area contributed by atoms with Gasteiger partial charge in [0.1, 0.15) is 0 Å². The van der Waals surface area contributed by atoms with Gasteiger partial charge in [-0.2, -0.15) is 13.2 Å². The Labute approximate surface area is 141 Å². The zero-order valence-corrected chi connectivity index (χ0v) is 13.2. The number of hydrogen-bond donors (Lipinski definition) is 2. The van der Waals surface area contributed by atoms with Crippen molar-refractivity contribution >= 4 is 11.7 Å². The Morgan fingerprint density at radius 3 is 2.84 bits per heavy atom. The smallest absolute Gasteiger partial charge is 0.391 e. The molecule has 2 atom stereocenters. The monoisotopic (exact) mass is 354 g/mol. The van der Waals surface area contributed by atoms with Crippen molar-refractivity contribution in [2.75, 3.05) is 5.32 Å². The first-order valence-electron chi connectivity index (χ1n) is 7.92. The van der Waals surface area contributed by atoms with Crippen molar-refractivity contribution < 1.29 is 22.4 Å². The highest BCUT2D eigenvalue weighted by Gasteiger charge is 2.42. The number of alkyl halides is 3. The lowest BCUT2D eigenvalue weighted by Crippen LogP contribution is -2.43. The molecule has 2 N–H and O–H groups in total. The van der Waals surface area contributed by atoms with E-state index in [0.717, 1.165) is 0 Å². The first kappa shape index (κ1) is 17.2. The molecule has 1 fully saturated rings. The maximum Gasteiger partial charge on any atom is 0.391 e. The average molecular weight is 354 g/mol. The molecule has 1 aliphatic carbocycles. The molecular formula is C16H17F3N4O2. The number of hydrogen-bond acceptors (Lipinski definition) is 4. The number of carbonyl (C=O) groups excluding carboxylic acids is 1. The minimum atomic E-state index is -4.21. The summed E-state index contributed by atoms with van der Waals surface area (Å²) < 4.78 is 43.6. The van der Waals surface area contributed by atoms with E-state index in [2.05, 4.69) is 20.8 Å². The first-order chi connectivity index (χ1) is 11.9. The normalized spacial score (nSPS) is 20.9. The SMILES string of the molecule is O=C(Nc1cccc(-c2nnco2)c1)N[C@H]1CCC[C@H](C(F)(F)F)C1. The molecule has 1 aliphatic rings. The number of halogens is 3. The lowest BCUT2D eigenvalue weighted by molar-refractivity contribution is -0.183. The van der Waals surface area contributed by atoms with Crippen molar-refractivity contribution in [3.8, 4) is 11.5 Å². The zero-order valence-electron chi connectivity index (χ0n) is 13.2. The maximum atomic E-state index is 12.8. The Bertz CT molecular complexity index is 718. The number of nitrogens with zero attached hydrogens (tertiary/aromatic N) is 2. The quantitative estimate of drug-likeness (QED) is 0.874. The lowest BCUT2D eigenvalue weighted by atomic mass is 9.85. The van der Waals surface area contributed by atoms with Crippen molar-refractivity contribution in [3.05, 3.63) is 30.7 Å². The molecule has 0 spiro atoms. The van der Waals surface area contributed by atoms with Gasteiger partial charge in [0.25, 0.3) is 0 Å². The van der Waals surface area contributed by atoms with Crippen LogP contribution in [0.15, 0.2) is 35.1 Å². The number of nitrogens with one attached hydrogen (secondary N) is 2. The molecule has 0 aliphatic heterocycles. The largest absolute Gasteiger partial charge is 0.423 e. The number of anilines is 1. The van der Waals surface area contributed by atoms with Gasteiger partial charge in [-0.05, 0) is 37.5 Å². The van der Waals surface area contributed by atoms with Crippen LogP contribution >= 0.6 is 0 Å². The van der Waals surface area contributed by atoms with Crippen molar-refractivity contribution in [2.24, 2.45) is 5.92 Å². The first-order valence-corrected chi connectivity index (χ1v) is 7.92. The molecule has 2 amide bonds. The second kappa shape index (κ2) is 7.12. The molecule has 1 heterocycles. The fourth-order valence-electron chi connectivity index (χ4n) is 3.00. The predicted octanol–water partition coefficient (Wildman–Crippen LogP) is 3.98. The van der Waals surface area contributed by atoms with Crippen molar-refractivity contribution in [3.63, 3.8) is 0 Å². The molecular weight excluding hydrogens is 337 g/mol. The number of benzene rings is 1. The molecule has 6 nitrogen and oxygen atoms in total. The van der Waals surface area contributed by atoms with Crippen LogP contribution in [0.2, 0.25) is 0 Å². The van der Waals surface area contributed by atoms with Crippen molar-refractivity contribution in [1.29, 1.82) is 0 Å². The van der Waals surface area contributed by atoms with Gasteiger partial charge >= 0.3 is 12.2 Å². The molecule has 1 saturated carbocycles. The van der Waals surface area contributed by atoms with Crippen LogP contribution in [0.25, 0.3) is 11.5 Å². The summed E-state index contributed by atoms with van der Waals surface area (Å²) in [6.45, 7) is 0. The van der Waals surface area contributed by atoms with Gasteiger partial charge in [0.05, 0.1) is 5.92 Å². The van der Waals surface area contributed by atoms with E-state index in [4.69, 9.17) is 4.42 Å². The fraction of sp³-hybridized carbons (Fsp3) is 0.438. The molecule has 0 radical (unpaired) electrons. The Morgan fingerprint density at radius 2 is 2.12 bits per heavy atom. The third kappa shape index (κ3) is 4.49. The summed E-state index contributed by atoms with van der Waals surface area (Å²) in [6.07, 6.45) is -1.99. The van der Waals surface area contributed by atoms with Crippen molar-refractivity contribution in [2.45, 2.75) is 37.9 Å². The van der Waals surface area contributed by atoms with E-state index < -0.39 is 24.2 Å². The molecule has 3 rings (SSSR count). The van der Waals surface area contributed by atoms with Crippen LogP contribution in [0, 0.1) is 5.92 Å². The van der Waals surface area contributed by atoms with E-state index in [1.807, 2.05) is 0 Å². The molecule has 1 aromatic heterocycles. The van der Waals surface area contributed by atoms with Crippen LogP contribution in [0.3, 0.4) is 0 Å². The zero-order chi connectivity index (χ0) is 17.9. The summed E-state index contributed by atoms with van der Waals surface area (Å²) in [6, 6.07) is 5.74. The third-order valence-electron chi connectivity index (χ3n) is 4.20. The maximum absolute atomic E-state index is 12.8. The molecule has 9 heteroatoms. The second-order valence-corrected chi connectivity index (χ2v) is 6.03. The Morgan fingerprint density at radius 1 is 1.28 bits per heavy atom. The molecule has 134 valence electrons. The summed E-state index contributed by atoms with van der Waals surface area (Å²) in [5, 5.41) is 12.6. The van der Waals surface area contributed by atoms with Gasteiger partial charge in [-0.15, -0.1) is 10.2 Å². The Balaban J connectivity index is 1.58. The summed E-state index contributed by atoms with van der Waals surface area (Å²) in [5.41, 5.74) is 1.11. The van der Waals surface area contributed by atoms with E-state index in [1.54, 1.807) is 24.3 Å². The van der Waals surface area contributed by atoms with Crippen LogP contribution in [0.1, 0.15) is 25.7 Å². The van der Waals surface area contributed by atoms with E-state index in [-0.39, 0.29) is 12.8 Å². The molecule has 25 heavy (non-hydrogen) atoms. The minimum absolute atomic E-state index is 0.0844. The van der Waals surface area contributed by atoms with Gasteiger partial charge in [-0.1, -0.05) is 12.5 Å². The fourth-order valence-corrected chi connectivity index (χ4v) is 3.00. The van der Waals surface area contributed by atoms with Gasteiger partial charge in [0.2, 0.25) is 12.3 Å². The van der Waals surface area contributed by atoms with Crippen LogP contribution in [-0.2, 0) is 0 Å². The number of carbonyl (C=O) groups is 1. The standard InChI is InChI=1S/C16H17F3N4O2/c17-16(18,19)11-4-2-6-13(8-11)22-15(24)21-12-5-1-3-10(7-12)14-23-20-9-25-14/h1,3,5,7,9,11,13H,2,4,6,8H2,(H2,21,22,24)/t11-,13-/m0/s1. The molecule has 0 unspecified atom stereocenters. The highest BCUT2D eigenvalue weighted by Crippen LogP contribution is 2.37. The third-order valence-corrected chi connectivity index (χ3v) is 4.20. The minimum Gasteiger partial charge on any atom is -0.423 e. The van der Waals surface area contributed by atoms with Gasteiger partial charge in [0.15, 0.2) is 0 Å². The highest BCUT2D eigenvalue weighted by atomic mass is 19.4. The van der Waals surface area contributed by atoms with E-state index in [1.165, 1.54) is 6.39 Å². The Kier molecular flexibility index (Phi) is 4.91. The number of rotatable bonds is 3. The van der Waals surface area contributed by atoms with Gasteiger partial charge in [-0.3, -0.25) is 0 Å². The van der Waals surface area contributed by atoms with Crippen molar-refractivity contribution in [1.82, 2.24) is 15.5 Å². The summed E-state index contributed by atoms with van der Waals surface area (Å²) in [5.74, 6) is -1.04. The van der Waals surface area contributed by atoms with Gasteiger partial charge in [0, 0.05) is 17.3 Å². The highest BCUT2D eigenvalue weighted by molar-refractivity contribution is 5.90. The van der Waals surface area contributed by atoms with E-state index >= 15 is 0 Å². The number of amides is 2. The molecule has 1 aromatic carbocycles. The number of urea groups is 1. The molecule has 0 saturated heterocycles. The van der Waals surface area contributed by atoms with Gasteiger partial charge < -0.3 is 15.1 Å². The van der Waals surface area contributed by atoms with Gasteiger partial charge in [-0.25, -0.2) is 4.79 Å². The predicted molar refractivity (Wildman–Crippen MR) is 83.7 cm³/mol. The topological polar surface area (TPSA) is 80.1 Å². The van der Waals surface area contributed by atoms with Crippen LogP contribution in [0.4, 0.5) is 23.7 Å². The Hall–Kier alpha value is -2.58. The van der Waals surface area contributed by atoms with Crippen LogP contribution < -0.4 is 10.6 Å². The van der Waals surface area contributed by atoms with Crippen LogP contribution in [0.5, 0.6) is 0 Å². The summed E-state index contributed by atoms with van der Waals surface area (Å²) in [4.78, 5) is 12.1. The van der Waals surface area contributed by atoms with E-state index in [0.29, 0.717) is 30.0 Å². The average Bonchev–Trinajstić information content (AvgIpc) is 3.09. The molecule has 0 bridgehead atoms. The second-order valence-electron chi connectivity index (χ2n) is 6.03. The van der Waals surface area contributed by atoms with E-state index in [9.17, 15) is 18.0 Å². The number of aromatic nitrogens is 2. The summed E-state index contributed by atoms with van der Waals surface area (Å²) >= 11 is 0. The molecule has 2 aromatic rings. The summed E-state index contributed by atoms with van der Waals surface area (Å²) in [7, 11) is 0. The van der Waals surface area contributed by atoms with Crippen LogP contribution in [-0.4, -0.2) is 28.4 Å².